The monoisotopic (exact) mass is 420 g/mol. The third-order valence-corrected chi connectivity index (χ3v) is 6.17. The molecule has 1 saturated carbocycles. The van der Waals surface area contributed by atoms with Gasteiger partial charge in [0.15, 0.2) is 5.17 Å². The van der Waals surface area contributed by atoms with E-state index in [1.165, 1.54) is 24.6 Å². The molecule has 0 spiro atoms. The predicted molar refractivity (Wildman–Crippen MR) is 112 cm³/mol. The van der Waals surface area contributed by atoms with Gasteiger partial charge < -0.3 is 5.32 Å². The lowest BCUT2D eigenvalue weighted by molar-refractivity contribution is -0.115. The van der Waals surface area contributed by atoms with E-state index >= 15 is 0 Å². The number of hydrogen-bond donors (Lipinski definition) is 1. The van der Waals surface area contributed by atoms with Gasteiger partial charge in [0.05, 0.1) is 22.3 Å². The lowest BCUT2D eigenvalue weighted by atomic mass is 10.2. The molecule has 1 aromatic heterocycles. The summed E-state index contributed by atoms with van der Waals surface area (Å²) in [6, 6.07) is 7.63. The molecule has 1 aromatic carbocycles. The standard InChI is InChI=1S/C19H18Cl2N4OS/c1-11-15(17(21)25(24-11)14-8-4-5-12(20)9-14)10-16-18(26)23-19(27-16)22-13-6-2-3-7-13/h4-5,8-10,13H,2-3,6-7H2,1H3,(H,22,23,26)/b16-10-. The largest absolute Gasteiger partial charge is 0.301 e. The molecule has 140 valence electrons. The van der Waals surface area contributed by atoms with E-state index in [-0.39, 0.29) is 5.91 Å². The molecule has 1 amide bonds. The van der Waals surface area contributed by atoms with Crippen LogP contribution in [-0.2, 0) is 4.79 Å². The van der Waals surface area contributed by atoms with Crippen LogP contribution in [0.4, 0.5) is 0 Å². The zero-order valence-electron chi connectivity index (χ0n) is 14.7. The molecular weight excluding hydrogens is 403 g/mol. The Hall–Kier alpha value is -1.76. The van der Waals surface area contributed by atoms with Crippen LogP contribution in [0.1, 0.15) is 36.9 Å². The van der Waals surface area contributed by atoms with Crippen molar-refractivity contribution in [1.82, 2.24) is 15.1 Å². The van der Waals surface area contributed by atoms with Gasteiger partial charge in [-0.15, -0.1) is 0 Å². The van der Waals surface area contributed by atoms with E-state index in [1.807, 2.05) is 19.1 Å². The molecule has 1 aliphatic heterocycles. The summed E-state index contributed by atoms with van der Waals surface area (Å²) in [5, 5.41) is 9.08. The smallest absolute Gasteiger partial charge is 0.264 e. The van der Waals surface area contributed by atoms with Gasteiger partial charge in [0.25, 0.3) is 5.91 Å². The van der Waals surface area contributed by atoms with Crippen LogP contribution < -0.4 is 5.32 Å². The van der Waals surface area contributed by atoms with E-state index in [1.54, 1.807) is 22.9 Å². The number of carbonyl (C=O) groups is 1. The van der Waals surface area contributed by atoms with E-state index in [2.05, 4.69) is 15.4 Å². The number of aliphatic imine (C=N–C) groups is 1. The van der Waals surface area contributed by atoms with E-state index in [9.17, 15) is 4.79 Å². The summed E-state index contributed by atoms with van der Waals surface area (Å²) in [7, 11) is 0. The number of aromatic nitrogens is 2. The minimum atomic E-state index is -0.150. The third kappa shape index (κ3) is 3.93. The summed E-state index contributed by atoms with van der Waals surface area (Å²) in [6.45, 7) is 1.87. The zero-order chi connectivity index (χ0) is 19.0. The molecule has 0 unspecified atom stereocenters. The summed E-state index contributed by atoms with van der Waals surface area (Å²) in [6.07, 6.45) is 6.38. The molecule has 2 heterocycles. The first-order valence-corrected chi connectivity index (χ1v) is 10.4. The second-order valence-corrected chi connectivity index (χ2v) is 8.44. The van der Waals surface area contributed by atoms with Crippen LogP contribution in [0, 0.1) is 6.92 Å². The van der Waals surface area contributed by atoms with Crippen LogP contribution in [0.25, 0.3) is 11.8 Å². The topological polar surface area (TPSA) is 59.3 Å². The van der Waals surface area contributed by atoms with Crippen molar-refractivity contribution in [2.24, 2.45) is 4.99 Å². The molecule has 5 nitrogen and oxygen atoms in total. The van der Waals surface area contributed by atoms with Crippen LogP contribution in [-0.4, -0.2) is 26.9 Å². The number of hydrogen-bond acceptors (Lipinski definition) is 4. The van der Waals surface area contributed by atoms with E-state index in [4.69, 9.17) is 23.2 Å². The quantitative estimate of drug-likeness (QED) is 0.711. The highest BCUT2D eigenvalue weighted by Gasteiger charge is 2.27. The number of amidine groups is 1. The number of amides is 1. The van der Waals surface area contributed by atoms with Crippen LogP contribution in [0.5, 0.6) is 0 Å². The van der Waals surface area contributed by atoms with E-state index < -0.39 is 0 Å². The maximum absolute atomic E-state index is 12.3. The lowest BCUT2D eigenvalue weighted by Gasteiger charge is -2.03. The summed E-state index contributed by atoms with van der Waals surface area (Å²) in [5.41, 5.74) is 2.23. The number of halogens is 2. The van der Waals surface area contributed by atoms with Crippen LogP contribution in [0.15, 0.2) is 34.2 Å². The van der Waals surface area contributed by atoms with Gasteiger partial charge in [-0.2, -0.15) is 5.10 Å². The van der Waals surface area contributed by atoms with Gasteiger partial charge in [-0.3, -0.25) is 9.79 Å². The van der Waals surface area contributed by atoms with Gasteiger partial charge in [-0.25, -0.2) is 4.68 Å². The van der Waals surface area contributed by atoms with Gasteiger partial charge in [-0.05, 0) is 55.8 Å². The van der Waals surface area contributed by atoms with E-state index in [0.717, 1.165) is 29.8 Å². The summed E-state index contributed by atoms with van der Waals surface area (Å²) in [5.74, 6) is -0.150. The number of aryl methyl sites for hydroxylation is 1. The van der Waals surface area contributed by atoms with Crippen molar-refractivity contribution < 1.29 is 4.79 Å². The second-order valence-electron chi connectivity index (χ2n) is 6.62. The van der Waals surface area contributed by atoms with Crippen molar-refractivity contribution in [2.75, 3.05) is 0 Å². The number of carbonyl (C=O) groups excluding carboxylic acids is 1. The molecule has 1 saturated heterocycles. The minimum Gasteiger partial charge on any atom is -0.301 e. The molecule has 2 fully saturated rings. The Bertz CT molecular complexity index is 961. The SMILES string of the molecule is Cc1nn(-c2cccc(Cl)c2)c(Cl)c1/C=C1\SC(=NC2CCCC2)NC1=O. The molecule has 27 heavy (non-hydrogen) atoms. The van der Waals surface area contributed by atoms with Gasteiger partial charge in [0.2, 0.25) is 0 Å². The molecule has 1 aliphatic carbocycles. The third-order valence-electron chi connectivity index (χ3n) is 4.65. The van der Waals surface area contributed by atoms with Gasteiger partial charge in [0, 0.05) is 10.6 Å². The number of rotatable bonds is 3. The Labute approximate surface area is 171 Å². The average Bonchev–Trinajstić information content (AvgIpc) is 3.32. The first-order valence-electron chi connectivity index (χ1n) is 8.81. The molecule has 0 bridgehead atoms. The molecular formula is C19H18Cl2N4OS. The second kappa shape index (κ2) is 7.70. The number of benzene rings is 1. The normalized spacial score (nSPS) is 20.8. The summed E-state index contributed by atoms with van der Waals surface area (Å²) < 4.78 is 1.63. The average molecular weight is 421 g/mol. The molecule has 0 atom stereocenters. The van der Waals surface area contributed by atoms with Crippen LogP contribution in [0.2, 0.25) is 10.2 Å². The van der Waals surface area contributed by atoms with Crippen molar-refractivity contribution >= 4 is 52.1 Å². The Balaban J connectivity index is 1.63. The van der Waals surface area contributed by atoms with Crippen molar-refractivity contribution in [3.63, 3.8) is 0 Å². The molecule has 0 radical (unpaired) electrons. The fourth-order valence-corrected chi connectivity index (χ4v) is 4.66. The lowest BCUT2D eigenvalue weighted by Crippen LogP contribution is -2.21. The molecule has 2 aromatic rings. The van der Waals surface area contributed by atoms with Gasteiger partial charge in [0.1, 0.15) is 5.15 Å². The molecule has 1 N–H and O–H groups in total. The highest BCUT2D eigenvalue weighted by molar-refractivity contribution is 8.18. The first-order chi connectivity index (χ1) is 13.0. The minimum absolute atomic E-state index is 0.150. The van der Waals surface area contributed by atoms with Crippen LogP contribution in [0.3, 0.4) is 0 Å². The molecule has 2 aliphatic rings. The van der Waals surface area contributed by atoms with Crippen molar-refractivity contribution in [3.05, 3.63) is 50.6 Å². The highest BCUT2D eigenvalue weighted by atomic mass is 35.5. The van der Waals surface area contributed by atoms with Crippen molar-refractivity contribution in [1.29, 1.82) is 0 Å². The van der Waals surface area contributed by atoms with Crippen LogP contribution >= 0.6 is 35.0 Å². The Kier molecular flexibility index (Phi) is 5.30. The Morgan fingerprint density at radius 3 is 2.85 bits per heavy atom. The number of nitrogens with zero attached hydrogens (tertiary/aromatic N) is 3. The maximum atomic E-state index is 12.3. The van der Waals surface area contributed by atoms with Gasteiger partial charge in [-0.1, -0.05) is 42.1 Å². The Morgan fingerprint density at radius 1 is 1.33 bits per heavy atom. The fraction of sp³-hybridized carbons (Fsp3) is 0.316. The zero-order valence-corrected chi connectivity index (χ0v) is 17.0. The fourth-order valence-electron chi connectivity index (χ4n) is 3.27. The summed E-state index contributed by atoms with van der Waals surface area (Å²) >= 11 is 14.0. The molecule has 8 heteroatoms. The number of nitrogens with one attached hydrogen (secondary N) is 1. The molecule has 4 rings (SSSR count). The summed E-state index contributed by atoms with van der Waals surface area (Å²) in [4.78, 5) is 17.6. The van der Waals surface area contributed by atoms with Crippen molar-refractivity contribution in [2.45, 2.75) is 38.6 Å². The number of thioether (sulfide) groups is 1. The highest BCUT2D eigenvalue weighted by Crippen LogP contribution is 2.32. The predicted octanol–water partition coefficient (Wildman–Crippen LogP) is 4.99. The van der Waals surface area contributed by atoms with Crippen molar-refractivity contribution in [3.8, 4) is 5.69 Å². The van der Waals surface area contributed by atoms with Gasteiger partial charge >= 0.3 is 0 Å². The maximum Gasteiger partial charge on any atom is 0.264 e. The Morgan fingerprint density at radius 2 is 2.11 bits per heavy atom. The van der Waals surface area contributed by atoms with E-state index in [0.29, 0.717) is 26.3 Å². The first kappa shape index (κ1) is 18.6.